The summed E-state index contributed by atoms with van der Waals surface area (Å²) in [6.07, 6.45) is 3.56. The molecule has 0 spiro atoms. The molecular formula is C19H18ClN3. The molecule has 0 radical (unpaired) electrons. The van der Waals surface area contributed by atoms with Gasteiger partial charge in [0.2, 0.25) is 0 Å². The van der Waals surface area contributed by atoms with Crippen LogP contribution in [0.2, 0.25) is 5.02 Å². The first-order valence-corrected chi connectivity index (χ1v) is 7.94. The van der Waals surface area contributed by atoms with Crippen LogP contribution >= 0.6 is 11.6 Å². The van der Waals surface area contributed by atoms with Crippen LogP contribution in [0.3, 0.4) is 0 Å². The van der Waals surface area contributed by atoms with Crippen LogP contribution in [0.5, 0.6) is 0 Å². The number of rotatable bonds is 4. The molecule has 3 aromatic rings. The van der Waals surface area contributed by atoms with E-state index in [1.54, 1.807) is 6.20 Å². The van der Waals surface area contributed by atoms with E-state index < -0.39 is 0 Å². The van der Waals surface area contributed by atoms with Crippen molar-refractivity contribution in [2.24, 2.45) is 5.10 Å². The topological polar surface area (TPSA) is 37.3 Å². The van der Waals surface area contributed by atoms with Gasteiger partial charge in [0.25, 0.3) is 0 Å². The molecule has 1 heterocycles. The minimum Gasteiger partial charge on any atom is -0.278 e. The fraction of sp³-hybridized carbons (Fsp3) is 0.158. The highest BCUT2D eigenvalue weighted by atomic mass is 35.5. The van der Waals surface area contributed by atoms with E-state index in [2.05, 4.69) is 53.6 Å². The van der Waals surface area contributed by atoms with Crippen LogP contribution in [0.25, 0.3) is 10.9 Å². The molecule has 3 rings (SSSR count). The van der Waals surface area contributed by atoms with E-state index in [1.807, 2.05) is 30.5 Å². The average molecular weight is 324 g/mol. The lowest BCUT2D eigenvalue weighted by Crippen LogP contribution is -1.93. The molecule has 116 valence electrons. The van der Waals surface area contributed by atoms with Crippen molar-refractivity contribution in [1.82, 2.24) is 4.98 Å². The van der Waals surface area contributed by atoms with Gasteiger partial charge < -0.3 is 0 Å². The lowest BCUT2D eigenvalue weighted by molar-refractivity contribution is 0.866. The first-order valence-electron chi connectivity index (χ1n) is 7.57. The highest BCUT2D eigenvalue weighted by molar-refractivity contribution is 6.31. The molecule has 0 atom stereocenters. The molecule has 1 N–H and O–H groups in total. The molecule has 3 nitrogen and oxygen atoms in total. The van der Waals surface area contributed by atoms with E-state index in [1.165, 1.54) is 5.56 Å². The summed E-state index contributed by atoms with van der Waals surface area (Å²) in [5.41, 5.74) is 7.21. The maximum absolute atomic E-state index is 6.00. The second kappa shape index (κ2) is 6.80. The van der Waals surface area contributed by atoms with Crippen molar-refractivity contribution in [3.05, 3.63) is 70.9 Å². The maximum atomic E-state index is 6.00. The van der Waals surface area contributed by atoms with Crippen molar-refractivity contribution in [3.8, 4) is 0 Å². The average Bonchev–Trinajstić information content (AvgIpc) is 2.55. The molecule has 0 fully saturated rings. The predicted octanol–water partition coefficient (Wildman–Crippen LogP) is 5.46. The predicted molar refractivity (Wildman–Crippen MR) is 98.5 cm³/mol. The molecule has 0 bridgehead atoms. The zero-order chi connectivity index (χ0) is 16.2. The lowest BCUT2D eigenvalue weighted by atomic mass is 10.0. The third-order valence-corrected chi connectivity index (χ3v) is 3.94. The highest BCUT2D eigenvalue weighted by Crippen LogP contribution is 2.24. The number of hydrazone groups is 1. The summed E-state index contributed by atoms with van der Waals surface area (Å²) in [4.78, 5) is 4.32. The van der Waals surface area contributed by atoms with Crippen LogP contribution in [-0.2, 0) is 0 Å². The number of aromatic nitrogens is 1. The Hall–Kier alpha value is -2.39. The Morgan fingerprint density at radius 2 is 1.87 bits per heavy atom. The normalized spacial score (nSPS) is 11.5. The zero-order valence-corrected chi connectivity index (χ0v) is 13.9. The SMILES string of the molecule is CC(C)c1ccc(C=NNc2ccnc3cc(Cl)ccc23)cc1. The van der Waals surface area contributed by atoms with E-state index in [-0.39, 0.29) is 0 Å². The van der Waals surface area contributed by atoms with E-state index in [0.29, 0.717) is 10.9 Å². The van der Waals surface area contributed by atoms with E-state index >= 15 is 0 Å². The Morgan fingerprint density at radius 1 is 1.09 bits per heavy atom. The summed E-state index contributed by atoms with van der Waals surface area (Å²) < 4.78 is 0. The summed E-state index contributed by atoms with van der Waals surface area (Å²) in [6.45, 7) is 4.37. The van der Waals surface area contributed by atoms with Gasteiger partial charge in [-0.05, 0) is 41.3 Å². The summed E-state index contributed by atoms with van der Waals surface area (Å²) in [7, 11) is 0. The minimum absolute atomic E-state index is 0.536. The minimum atomic E-state index is 0.536. The Labute approximate surface area is 141 Å². The third-order valence-electron chi connectivity index (χ3n) is 3.71. The molecular weight excluding hydrogens is 306 g/mol. The molecule has 4 heteroatoms. The number of fused-ring (bicyclic) bond motifs is 1. The van der Waals surface area contributed by atoms with Gasteiger partial charge in [-0.2, -0.15) is 5.10 Å². The van der Waals surface area contributed by atoms with Crippen molar-refractivity contribution in [2.75, 3.05) is 5.43 Å². The maximum Gasteiger partial charge on any atom is 0.0738 e. The van der Waals surface area contributed by atoms with Gasteiger partial charge in [-0.25, -0.2) is 0 Å². The number of benzene rings is 2. The van der Waals surface area contributed by atoms with Crippen LogP contribution in [0.1, 0.15) is 30.9 Å². The second-order valence-corrected chi connectivity index (χ2v) is 6.15. The molecule has 0 unspecified atom stereocenters. The molecule has 0 aliphatic carbocycles. The van der Waals surface area contributed by atoms with Crippen molar-refractivity contribution < 1.29 is 0 Å². The van der Waals surface area contributed by atoms with Crippen molar-refractivity contribution >= 4 is 34.4 Å². The molecule has 0 aliphatic rings. The lowest BCUT2D eigenvalue weighted by Gasteiger charge is -2.06. The number of hydrogen-bond acceptors (Lipinski definition) is 3. The standard InChI is InChI=1S/C19H18ClN3/c1-13(2)15-5-3-14(4-6-15)12-22-23-18-9-10-21-19-11-16(20)7-8-17(18)19/h3-13H,1-2H3,(H,21,23). The molecule has 0 aliphatic heterocycles. The Kier molecular flexibility index (Phi) is 4.58. The summed E-state index contributed by atoms with van der Waals surface area (Å²) in [6, 6.07) is 16.0. The number of nitrogens with one attached hydrogen (secondary N) is 1. The van der Waals surface area contributed by atoms with Crippen LogP contribution in [-0.4, -0.2) is 11.2 Å². The fourth-order valence-corrected chi connectivity index (χ4v) is 2.53. The van der Waals surface area contributed by atoms with Crippen LogP contribution < -0.4 is 5.43 Å². The van der Waals surface area contributed by atoms with Gasteiger partial charge in [0.05, 0.1) is 17.4 Å². The van der Waals surface area contributed by atoms with Crippen LogP contribution in [0, 0.1) is 0 Å². The zero-order valence-electron chi connectivity index (χ0n) is 13.1. The molecule has 0 amide bonds. The van der Waals surface area contributed by atoms with E-state index in [0.717, 1.165) is 22.2 Å². The fourth-order valence-electron chi connectivity index (χ4n) is 2.36. The largest absolute Gasteiger partial charge is 0.278 e. The Morgan fingerprint density at radius 3 is 2.61 bits per heavy atom. The van der Waals surface area contributed by atoms with Crippen molar-refractivity contribution in [1.29, 1.82) is 0 Å². The summed E-state index contributed by atoms with van der Waals surface area (Å²) in [5, 5.41) is 5.99. The van der Waals surface area contributed by atoms with Gasteiger partial charge in [-0.1, -0.05) is 49.7 Å². The van der Waals surface area contributed by atoms with Gasteiger partial charge >= 0.3 is 0 Å². The second-order valence-electron chi connectivity index (χ2n) is 5.71. The number of pyridine rings is 1. The van der Waals surface area contributed by atoms with Crippen molar-refractivity contribution in [3.63, 3.8) is 0 Å². The molecule has 0 saturated heterocycles. The number of halogens is 1. The first-order chi connectivity index (χ1) is 11.1. The first kappa shape index (κ1) is 15.5. The number of hydrogen-bond donors (Lipinski definition) is 1. The van der Waals surface area contributed by atoms with Gasteiger partial charge in [0.15, 0.2) is 0 Å². The highest BCUT2D eigenvalue weighted by Gasteiger charge is 2.01. The van der Waals surface area contributed by atoms with Gasteiger partial charge in [0.1, 0.15) is 0 Å². The smallest absolute Gasteiger partial charge is 0.0738 e. The van der Waals surface area contributed by atoms with Gasteiger partial charge in [0, 0.05) is 16.6 Å². The van der Waals surface area contributed by atoms with Crippen molar-refractivity contribution in [2.45, 2.75) is 19.8 Å². The van der Waals surface area contributed by atoms with Gasteiger partial charge in [-0.3, -0.25) is 10.4 Å². The van der Waals surface area contributed by atoms with E-state index in [4.69, 9.17) is 11.6 Å². The number of nitrogens with zero attached hydrogens (tertiary/aromatic N) is 2. The van der Waals surface area contributed by atoms with Crippen LogP contribution in [0.4, 0.5) is 5.69 Å². The molecule has 0 saturated carbocycles. The third kappa shape index (κ3) is 3.69. The molecule has 1 aromatic heterocycles. The Balaban J connectivity index is 1.77. The monoisotopic (exact) mass is 323 g/mol. The summed E-state index contributed by atoms with van der Waals surface area (Å²) in [5.74, 6) is 0.536. The number of anilines is 1. The Bertz CT molecular complexity index is 839. The van der Waals surface area contributed by atoms with Crippen LogP contribution in [0.15, 0.2) is 59.8 Å². The van der Waals surface area contributed by atoms with E-state index in [9.17, 15) is 0 Å². The molecule has 2 aromatic carbocycles. The molecule has 23 heavy (non-hydrogen) atoms. The summed E-state index contributed by atoms with van der Waals surface area (Å²) >= 11 is 6.00. The van der Waals surface area contributed by atoms with Gasteiger partial charge in [-0.15, -0.1) is 0 Å². The quantitative estimate of drug-likeness (QED) is 0.511.